The van der Waals surface area contributed by atoms with Crippen molar-refractivity contribution in [2.24, 2.45) is 0 Å². The molecule has 0 unspecified atom stereocenters. The number of carbonyl (C=O) groups is 1. The smallest absolute Gasteiger partial charge is 0.316 e. The van der Waals surface area contributed by atoms with Gasteiger partial charge in [-0.05, 0) is 19.4 Å². The molecule has 0 aliphatic carbocycles. The van der Waals surface area contributed by atoms with Crippen LogP contribution in [0.4, 0.5) is 4.79 Å². The summed E-state index contributed by atoms with van der Waals surface area (Å²) in [5.74, 6) is 0. The van der Waals surface area contributed by atoms with Crippen LogP contribution < -0.4 is 10.6 Å². The maximum Gasteiger partial charge on any atom is 0.316 e. The molecule has 0 saturated heterocycles. The molecule has 2 amide bonds. The second-order valence-corrected chi connectivity index (χ2v) is 3.49. The van der Waals surface area contributed by atoms with Crippen LogP contribution in [0.2, 0.25) is 0 Å². The van der Waals surface area contributed by atoms with Crippen LogP contribution in [0.25, 0.3) is 0 Å². The Balaban J connectivity index is 3.12. The van der Waals surface area contributed by atoms with Crippen molar-refractivity contribution in [3.63, 3.8) is 0 Å². The summed E-state index contributed by atoms with van der Waals surface area (Å²) in [6.45, 7) is 2.31. The van der Waals surface area contributed by atoms with E-state index in [2.05, 4.69) is 16.7 Å². The molecule has 5 nitrogen and oxygen atoms in total. The third-order valence-corrected chi connectivity index (χ3v) is 1.88. The molecule has 0 aliphatic heterocycles. The van der Waals surface area contributed by atoms with Gasteiger partial charge in [0.2, 0.25) is 0 Å². The lowest BCUT2D eigenvalue weighted by molar-refractivity contribution is 0.217. The van der Waals surface area contributed by atoms with Crippen LogP contribution in [0.1, 0.15) is 19.3 Å². The molecule has 0 heterocycles. The Labute approximate surface area is 91.4 Å². The zero-order valence-electron chi connectivity index (χ0n) is 9.55. The number of nitriles is 1. The maximum absolute atomic E-state index is 11.1. The molecule has 0 aromatic carbocycles. The normalized spacial score (nSPS) is 9.40. The Morgan fingerprint density at radius 1 is 1.27 bits per heavy atom. The van der Waals surface area contributed by atoms with Crippen molar-refractivity contribution in [2.75, 3.05) is 33.7 Å². The number of hydrogen-bond acceptors (Lipinski definition) is 3. The fourth-order valence-electron chi connectivity index (χ4n) is 0.995. The fourth-order valence-corrected chi connectivity index (χ4v) is 0.995. The third-order valence-electron chi connectivity index (χ3n) is 1.88. The number of rotatable bonds is 7. The first-order valence-electron chi connectivity index (χ1n) is 5.21. The molecule has 0 rings (SSSR count). The quantitative estimate of drug-likeness (QED) is 0.605. The highest BCUT2D eigenvalue weighted by Crippen LogP contribution is 1.90. The highest BCUT2D eigenvalue weighted by molar-refractivity contribution is 5.73. The van der Waals surface area contributed by atoms with Crippen molar-refractivity contribution >= 4 is 6.03 Å². The molecule has 0 atom stereocenters. The lowest BCUT2D eigenvalue weighted by Gasteiger charge is -2.11. The van der Waals surface area contributed by atoms with E-state index < -0.39 is 0 Å². The van der Waals surface area contributed by atoms with E-state index in [0.29, 0.717) is 13.0 Å². The Morgan fingerprint density at radius 2 is 2.00 bits per heavy atom. The largest absolute Gasteiger partial charge is 0.337 e. The number of urea groups is 1. The summed E-state index contributed by atoms with van der Waals surface area (Å²) in [7, 11) is 3.43. The predicted octanol–water partition coefficient (Wildman–Crippen LogP) is 0.541. The monoisotopic (exact) mass is 212 g/mol. The van der Waals surface area contributed by atoms with Crippen LogP contribution in [0.15, 0.2) is 0 Å². The Hall–Kier alpha value is -1.28. The van der Waals surface area contributed by atoms with Gasteiger partial charge in [0, 0.05) is 33.6 Å². The van der Waals surface area contributed by atoms with Gasteiger partial charge in [-0.15, -0.1) is 0 Å². The van der Waals surface area contributed by atoms with Gasteiger partial charge in [-0.25, -0.2) is 4.79 Å². The van der Waals surface area contributed by atoms with Crippen molar-refractivity contribution in [3.8, 4) is 6.07 Å². The third kappa shape index (κ3) is 9.03. The molecular formula is C10H20N4O. The molecule has 15 heavy (non-hydrogen) atoms. The number of hydrogen-bond donors (Lipinski definition) is 2. The molecule has 0 fully saturated rings. The van der Waals surface area contributed by atoms with E-state index in [9.17, 15) is 4.79 Å². The summed E-state index contributed by atoms with van der Waals surface area (Å²) in [4.78, 5) is 12.6. The zero-order valence-corrected chi connectivity index (χ0v) is 9.55. The number of unbranched alkanes of at least 4 members (excludes halogenated alkanes) is 2. The molecule has 0 bridgehead atoms. The zero-order chi connectivity index (χ0) is 11.5. The van der Waals surface area contributed by atoms with E-state index in [1.807, 2.05) is 0 Å². The van der Waals surface area contributed by atoms with Gasteiger partial charge in [0.25, 0.3) is 0 Å². The minimum atomic E-state index is -0.0683. The summed E-state index contributed by atoms with van der Waals surface area (Å²) < 4.78 is 0. The van der Waals surface area contributed by atoms with Crippen molar-refractivity contribution < 1.29 is 4.79 Å². The number of nitrogens with one attached hydrogen (secondary N) is 2. The van der Waals surface area contributed by atoms with Crippen LogP contribution in [0.5, 0.6) is 0 Å². The molecule has 0 aliphatic rings. The van der Waals surface area contributed by atoms with Crippen molar-refractivity contribution in [2.45, 2.75) is 19.3 Å². The Kier molecular flexibility index (Phi) is 8.49. The molecule has 0 spiro atoms. The summed E-state index contributed by atoms with van der Waals surface area (Å²) >= 11 is 0. The second-order valence-electron chi connectivity index (χ2n) is 3.49. The van der Waals surface area contributed by atoms with Crippen LogP contribution in [-0.2, 0) is 0 Å². The van der Waals surface area contributed by atoms with Gasteiger partial charge < -0.3 is 15.5 Å². The van der Waals surface area contributed by atoms with E-state index in [0.717, 1.165) is 25.9 Å². The van der Waals surface area contributed by atoms with Gasteiger partial charge in [0.1, 0.15) is 0 Å². The van der Waals surface area contributed by atoms with Crippen LogP contribution >= 0.6 is 0 Å². The first-order valence-corrected chi connectivity index (χ1v) is 5.21. The molecular weight excluding hydrogens is 192 g/mol. The lowest BCUT2D eigenvalue weighted by atomic mass is 10.2. The van der Waals surface area contributed by atoms with Gasteiger partial charge in [-0.1, -0.05) is 0 Å². The van der Waals surface area contributed by atoms with Crippen molar-refractivity contribution in [3.05, 3.63) is 0 Å². The van der Waals surface area contributed by atoms with E-state index in [1.54, 1.807) is 14.1 Å². The van der Waals surface area contributed by atoms with Gasteiger partial charge in [-0.2, -0.15) is 5.26 Å². The summed E-state index contributed by atoms with van der Waals surface area (Å²) in [5, 5.41) is 14.2. The first kappa shape index (κ1) is 13.7. The Morgan fingerprint density at radius 3 is 2.60 bits per heavy atom. The van der Waals surface area contributed by atoms with Gasteiger partial charge in [0.15, 0.2) is 0 Å². The highest BCUT2D eigenvalue weighted by Gasteiger charge is 1.99. The Bertz CT molecular complexity index is 210. The van der Waals surface area contributed by atoms with E-state index in [1.165, 1.54) is 4.90 Å². The summed E-state index contributed by atoms with van der Waals surface area (Å²) in [5.41, 5.74) is 0. The molecule has 0 saturated carbocycles. The van der Waals surface area contributed by atoms with E-state index in [4.69, 9.17) is 5.26 Å². The number of nitrogens with zero attached hydrogens (tertiary/aromatic N) is 2. The van der Waals surface area contributed by atoms with Crippen molar-refractivity contribution in [1.29, 1.82) is 5.26 Å². The van der Waals surface area contributed by atoms with Crippen molar-refractivity contribution in [1.82, 2.24) is 15.5 Å². The minimum absolute atomic E-state index is 0.0683. The summed E-state index contributed by atoms with van der Waals surface area (Å²) in [6.07, 6.45) is 2.57. The lowest BCUT2D eigenvalue weighted by Crippen LogP contribution is -2.38. The predicted molar refractivity (Wildman–Crippen MR) is 59.4 cm³/mol. The molecule has 0 aromatic rings. The van der Waals surface area contributed by atoms with Gasteiger partial charge in [-0.3, -0.25) is 0 Å². The maximum atomic E-state index is 11.1. The SMILES string of the molecule is CN(C)C(=O)NCCNCCCCC#N. The standard InChI is InChI=1S/C10H20N4O/c1-14(2)10(15)13-9-8-12-7-5-3-4-6-11/h12H,3-5,7-9H2,1-2H3,(H,13,15). The molecule has 0 aromatic heterocycles. The molecule has 0 radical (unpaired) electrons. The average Bonchev–Trinajstić information content (AvgIpc) is 2.21. The average molecular weight is 212 g/mol. The van der Waals surface area contributed by atoms with Crippen LogP contribution in [-0.4, -0.2) is 44.7 Å². The van der Waals surface area contributed by atoms with E-state index in [-0.39, 0.29) is 6.03 Å². The van der Waals surface area contributed by atoms with Crippen LogP contribution in [0.3, 0.4) is 0 Å². The summed E-state index contributed by atoms with van der Waals surface area (Å²) in [6, 6.07) is 2.04. The van der Waals surface area contributed by atoms with Gasteiger partial charge >= 0.3 is 6.03 Å². The minimum Gasteiger partial charge on any atom is -0.337 e. The van der Waals surface area contributed by atoms with Gasteiger partial charge in [0.05, 0.1) is 6.07 Å². The topological polar surface area (TPSA) is 68.2 Å². The number of amides is 2. The molecule has 86 valence electrons. The molecule has 2 N–H and O–H groups in total. The molecule has 5 heteroatoms. The fraction of sp³-hybridized carbons (Fsp3) is 0.800. The number of carbonyl (C=O) groups excluding carboxylic acids is 1. The first-order chi connectivity index (χ1) is 7.18. The van der Waals surface area contributed by atoms with E-state index >= 15 is 0 Å². The van der Waals surface area contributed by atoms with Crippen LogP contribution in [0, 0.1) is 11.3 Å². The second kappa shape index (κ2) is 9.28. The highest BCUT2D eigenvalue weighted by atomic mass is 16.2.